The van der Waals surface area contributed by atoms with Crippen LogP contribution in [0.5, 0.6) is 0 Å². The van der Waals surface area contributed by atoms with Crippen LogP contribution in [-0.2, 0) is 4.74 Å². The van der Waals surface area contributed by atoms with Gasteiger partial charge in [0.1, 0.15) is 30.3 Å². The normalized spacial score (nSPS) is 29.9. The van der Waals surface area contributed by atoms with E-state index >= 15 is 0 Å². The summed E-state index contributed by atoms with van der Waals surface area (Å²) in [6, 6.07) is 1.79. The topological polar surface area (TPSA) is 101 Å². The molecule has 2 aromatic heterocycles. The highest BCUT2D eigenvalue weighted by Gasteiger charge is 2.43. The van der Waals surface area contributed by atoms with Gasteiger partial charge in [-0.15, -0.1) is 0 Å². The fraction of sp³-hybridized carbons (Fsp3) is 0.385. The van der Waals surface area contributed by atoms with E-state index in [9.17, 15) is 10.2 Å². The number of hydrogen-bond donors (Lipinski definition) is 3. The van der Waals surface area contributed by atoms with Gasteiger partial charge in [0.15, 0.2) is 6.23 Å². The van der Waals surface area contributed by atoms with Gasteiger partial charge in [0.25, 0.3) is 0 Å². The first-order chi connectivity index (χ1) is 9.67. The van der Waals surface area contributed by atoms with Gasteiger partial charge < -0.3 is 24.6 Å². The Morgan fingerprint density at radius 1 is 1.35 bits per heavy atom. The van der Waals surface area contributed by atoms with Crippen LogP contribution in [0, 0.1) is 0 Å². The van der Waals surface area contributed by atoms with Gasteiger partial charge in [0, 0.05) is 11.6 Å². The van der Waals surface area contributed by atoms with Crippen LogP contribution < -0.4 is 0 Å². The summed E-state index contributed by atoms with van der Waals surface area (Å²) >= 11 is 0. The standard InChI is InChI=1S/C13H15N3O4/c1-2-8-7-3-4-16(12(7)15-6-14-8)13-11(19)10(18)9(5-17)20-13/h2-4,6,9-11,13,17-19H,1,5H2/t9-,10?,11+,13-/m1/s1. The first-order valence-electron chi connectivity index (χ1n) is 6.23. The molecule has 4 atom stereocenters. The molecule has 106 valence electrons. The zero-order valence-corrected chi connectivity index (χ0v) is 10.6. The molecular weight excluding hydrogens is 262 g/mol. The summed E-state index contributed by atoms with van der Waals surface area (Å²) < 4.78 is 7.11. The van der Waals surface area contributed by atoms with Gasteiger partial charge in [-0.25, -0.2) is 9.97 Å². The molecule has 3 heterocycles. The van der Waals surface area contributed by atoms with Crippen LogP contribution in [0.2, 0.25) is 0 Å². The Morgan fingerprint density at radius 2 is 2.15 bits per heavy atom. The van der Waals surface area contributed by atoms with Crippen molar-refractivity contribution >= 4 is 17.1 Å². The zero-order valence-electron chi connectivity index (χ0n) is 10.6. The molecule has 1 unspecified atom stereocenters. The van der Waals surface area contributed by atoms with E-state index in [0.29, 0.717) is 11.3 Å². The predicted octanol–water partition coefficient (Wildman–Crippen LogP) is -0.314. The van der Waals surface area contributed by atoms with Crippen molar-refractivity contribution in [2.45, 2.75) is 24.5 Å². The Hall–Kier alpha value is -1.80. The Morgan fingerprint density at radius 3 is 2.80 bits per heavy atom. The largest absolute Gasteiger partial charge is 0.394 e. The predicted molar refractivity (Wildman–Crippen MR) is 70.6 cm³/mol. The SMILES string of the molecule is C=Cc1ncnc2c1ccn2[C@@H]1O[C@H](CO)C(O)[C@@H]1O. The molecule has 0 amide bonds. The monoisotopic (exact) mass is 277 g/mol. The summed E-state index contributed by atoms with van der Waals surface area (Å²) in [5.41, 5.74) is 1.25. The zero-order chi connectivity index (χ0) is 14.3. The molecule has 0 saturated carbocycles. The molecule has 1 aliphatic rings. The van der Waals surface area contributed by atoms with Gasteiger partial charge in [-0.1, -0.05) is 6.58 Å². The molecular formula is C13H15N3O4. The fourth-order valence-electron chi connectivity index (χ4n) is 2.47. The van der Waals surface area contributed by atoms with Gasteiger partial charge >= 0.3 is 0 Å². The van der Waals surface area contributed by atoms with Crippen LogP contribution >= 0.6 is 0 Å². The van der Waals surface area contributed by atoms with Gasteiger partial charge in [0.2, 0.25) is 0 Å². The van der Waals surface area contributed by atoms with E-state index in [1.165, 1.54) is 6.33 Å². The van der Waals surface area contributed by atoms with Gasteiger partial charge in [-0.05, 0) is 12.1 Å². The van der Waals surface area contributed by atoms with Crippen LogP contribution in [0.25, 0.3) is 17.1 Å². The molecule has 0 spiro atoms. The van der Waals surface area contributed by atoms with E-state index in [0.717, 1.165) is 5.39 Å². The first kappa shape index (κ1) is 13.2. The lowest BCUT2D eigenvalue weighted by Crippen LogP contribution is -2.33. The van der Waals surface area contributed by atoms with Gasteiger partial charge in [-0.2, -0.15) is 0 Å². The van der Waals surface area contributed by atoms with Crippen molar-refractivity contribution in [2.24, 2.45) is 0 Å². The van der Waals surface area contributed by atoms with E-state index in [1.807, 2.05) is 0 Å². The third-order valence-corrected chi connectivity index (χ3v) is 3.52. The average molecular weight is 277 g/mol. The third kappa shape index (κ3) is 1.83. The molecule has 7 heteroatoms. The molecule has 0 aliphatic carbocycles. The number of rotatable bonds is 3. The number of nitrogens with zero attached hydrogens (tertiary/aromatic N) is 3. The summed E-state index contributed by atoms with van der Waals surface area (Å²) in [7, 11) is 0. The van der Waals surface area contributed by atoms with Crippen LogP contribution in [0.1, 0.15) is 11.9 Å². The molecule has 0 aromatic carbocycles. The van der Waals surface area contributed by atoms with E-state index in [-0.39, 0.29) is 6.61 Å². The minimum absolute atomic E-state index is 0.360. The van der Waals surface area contributed by atoms with Crippen molar-refractivity contribution in [3.63, 3.8) is 0 Å². The van der Waals surface area contributed by atoms with Crippen LogP contribution in [0.3, 0.4) is 0 Å². The van der Waals surface area contributed by atoms with E-state index < -0.39 is 24.5 Å². The number of ether oxygens (including phenoxy) is 1. The quantitative estimate of drug-likeness (QED) is 0.711. The van der Waals surface area contributed by atoms with E-state index in [1.54, 1.807) is 22.9 Å². The van der Waals surface area contributed by atoms with Crippen LogP contribution in [0.15, 0.2) is 25.2 Å². The Bertz CT molecular complexity index is 642. The minimum atomic E-state index is -1.14. The molecule has 1 fully saturated rings. The molecule has 3 N–H and O–H groups in total. The summed E-state index contributed by atoms with van der Waals surface area (Å²) in [6.45, 7) is 3.33. The molecule has 1 saturated heterocycles. The number of aliphatic hydroxyl groups excluding tert-OH is 3. The summed E-state index contributed by atoms with van der Waals surface area (Å²) in [6.07, 6.45) is 0.837. The van der Waals surface area contributed by atoms with Crippen molar-refractivity contribution in [1.82, 2.24) is 14.5 Å². The Kier molecular flexibility index (Phi) is 3.27. The van der Waals surface area contributed by atoms with E-state index in [2.05, 4.69) is 16.5 Å². The van der Waals surface area contributed by atoms with Crippen molar-refractivity contribution in [2.75, 3.05) is 6.61 Å². The van der Waals surface area contributed by atoms with Crippen molar-refractivity contribution in [3.05, 3.63) is 30.9 Å². The van der Waals surface area contributed by atoms with Crippen molar-refractivity contribution < 1.29 is 20.1 Å². The molecule has 3 rings (SSSR count). The fourth-order valence-corrected chi connectivity index (χ4v) is 2.47. The number of aromatic nitrogens is 3. The van der Waals surface area contributed by atoms with Crippen molar-refractivity contribution in [3.8, 4) is 0 Å². The van der Waals surface area contributed by atoms with Gasteiger partial charge in [0.05, 0.1) is 12.3 Å². The first-order valence-corrected chi connectivity index (χ1v) is 6.23. The highest BCUT2D eigenvalue weighted by Crippen LogP contribution is 2.32. The third-order valence-electron chi connectivity index (χ3n) is 3.52. The maximum atomic E-state index is 10.0. The second-order valence-corrected chi connectivity index (χ2v) is 4.65. The summed E-state index contributed by atoms with van der Waals surface area (Å²) in [4.78, 5) is 8.27. The molecule has 0 bridgehead atoms. The summed E-state index contributed by atoms with van der Waals surface area (Å²) in [5, 5.41) is 29.7. The lowest BCUT2D eigenvalue weighted by Gasteiger charge is -2.17. The Labute approximate surface area is 114 Å². The van der Waals surface area contributed by atoms with Crippen LogP contribution in [-0.4, -0.2) is 54.8 Å². The summed E-state index contributed by atoms with van der Waals surface area (Å²) in [5.74, 6) is 0. The molecule has 0 radical (unpaired) electrons. The molecule has 20 heavy (non-hydrogen) atoms. The lowest BCUT2D eigenvalue weighted by atomic mass is 10.1. The Balaban J connectivity index is 2.05. The number of aliphatic hydroxyl groups is 3. The average Bonchev–Trinajstić information content (AvgIpc) is 3.01. The maximum absolute atomic E-state index is 10.0. The maximum Gasteiger partial charge on any atom is 0.164 e. The second-order valence-electron chi connectivity index (χ2n) is 4.65. The molecule has 2 aromatic rings. The van der Waals surface area contributed by atoms with Crippen molar-refractivity contribution in [1.29, 1.82) is 0 Å². The second kappa shape index (κ2) is 4.95. The molecule has 7 nitrogen and oxygen atoms in total. The van der Waals surface area contributed by atoms with Crippen LogP contribution in [0.4, 0.5) is 0 Å². The van der Waals surface area contributed by atoms with E-state index in [4.69, 9.17) is 9.84 Å². The molecule has 1 aliphatic heterocycles. The highest BCUT2D eigenvalue weighted by molar-refractivity contribution is 5.84. The number of hydrogen-bond acceptors (Lipinski definition) is 6. The highest BCUT2D eigenvalue weighted by atomic mass is 16.6. The minimum Gasteiger partial charge on any atom is -0.394 e. The smallest absolute Gasteiger partial charge is 0.164 e. The van der Waals surface area contributed by atoms with Gasteiger partial charge in [-0.3, -0.25) is 0 Å². The number of fused-ring (bicyclic) bond motifs is 1. The lowest BCUT2D eigenvalue weighted by molar-refractivity contribution is -0.0508.